The Hall–Kier alpha value is -3.87. The number of aromatic amines is 2. The maximum atomic E-state index is 12.6. The molecule has 156 valence electrons. The van der Waals surface area contributed by atoms with Crippen LogP contribution in [0, 0.1) is 5.92 Å². The first-order valence-corrected chi connectivity index (χ1v) is 10.4. The van der Waals surface area contributed by atoms with Crippen LogP contribution in [0.1, 0.15) is 45.4 Å². The number of nitrogens with one attached hydrogen (secondary N) is 4. The molecule has 1 atom stereocenters. The van der Waals surface area contributed by atoms with E-state index in [2.05, 4.69) is 33.0 Å². The summed E-state index contributed by atoms with van der Waals surface area (Å²) in [5.41, 5.74) is 10.9. The molecule has 2 aromatic heterocycles. The monoisotopic (exact) mass is 413 g/mol. The fourth-order valence-corrected chi connectivity index (χ4v) is 4.18. The molecule has 4 N–H and O–H groups in total. The van der Waals surface area contributed by atoms with Crippen molar-refractivity contribution in [1.82, 2.24) is 26.0 Å². The first-order valence-electron chi connectivity index (χ1n) is 10.4. The van der Waals surface area contributed by atoms with Crippen LogP contribution in [0.15, 0.2) is 54.6 Å². The van der Waals surface area contributed by atoms with Crippen molar-refractivity contribution < 1.29 is 9.59 Å². The van der Waals surface area contributed by atoms with Gasteiger partial charge in [0.1, 0.15) is 5.69 Å². The van der Waals surface area contributed by atoms with Crippen molar-refractivity contribution >= 4 is 22.7 Å². The third-order valence-corrected chi connectivity index (χ3v) is 5.88. The Balaban J connectivity index is 1.28. The summed E-state index contributed by atoms with van der Waals surface area (Å²) in [4.78, 5) is 28.5. The molecule has 0 saturated heterocycles. The van der Waals surface area contributed by atoms with Gasteiger partial charge in [0.05, 0.1) is 5.69 Å². The van der Waals surface area contributed by atoms with Crippen molar-refractivity contribution in [3.63, 3.8) is 0 Å². The van der Waals surface area contributed by atoms with Gasteiger partial charge >= 0.3 is 0 Å². The van der Waals surface area contributed by atoms with Crippen LogP contribution in [0.25, 0.3) is 22.2 Å². The highest BCUT2D eigenvalue weighted by Crippen LogP contribution is 2.32. The lowest BCUT2D eigenvalue weighted by Crippen LogP contribution is -2.41. The fourth-order valence-electron chi connectivity index (χ4n) is 4.18. The van der Waals surface area contributed by atoms with E-state index >= 15 is 0 Å². The lowest BCUT2D eigenvalue weighted by Gasteiger charge is -2.18. The summed E-state index contributed by atoms with van der Waals surface area (Å²) in [5, 5.41) is 7.96. The molecule has 0 spiro atoms. The average Bonchev–Trinajstić information content (AvgIpc) is 3.42. The number of aromatic nitrogens is 3. The standard InChI is InChI=1S/C24H23N5O2/c1-14-7-9-19-17(11-14)18-12-16(8-10-20(18)25-19)23(30)28-29-24(31)22-13-21(26-27-22)15-5-3-2-4-6-15/h2-6,8,10,12-14,25H,7,9,11H2,1H3,(H,26,27)(H,28,30)(H,29,31)/t14-/m1/s1. The van der Waals surface area contributed by atoms with Crippen LogP contribution in [-0.2, 0) is 12.8 Å². The predicted molar refractivity (Wildman–Crippen MR) is 118 cm³/mol. The average molecular weight is 413 g/mol. The Morgan fingerprint density at radius 1 is 1.03 bits per heavy atom. The highest BCUT2D eigenvalue weighted by molar-refractivity contribution is 6.01. The molecule has 0 aliphatic heterocycles. The van der Waals surface area contributed by atoms with E-state index in [9.17, 15) is 9.59 Å². The van der Waals surface area contributed by atoms with Gasteiger partial charge in [-0.2, -0.15) is 5.10 Å². The zero-order valence-corrected chi connectivity index (χ0v) is 17.2. The molecule has 0 unspecified atom stereocenters. The van der Waals surface area contributed by atoms with Crippen LogP contribution >= 0.6 is 0 Å². The molecule has 2 amide bonds. The number of hydrazine groups is 1. The van der Waals surface area contributed by atoms with E-state index in [0.717, 1.165) is 29.3 Å². The molecular weight excluding hydrogens is 390 g/mol. The van der Waals surface area contributed by atoms with E-state index in [1.165, 1.54) is 17.7 Å². The van der Waals surface area contributed by atoms with Crippen LogP contribution in [0.4, 0.5) is 0 Å². The third-order valence-electron chi connectivity index (χ3n) is 5.88. The molecule has 0 saturated carbocycles. The zero-order chi connectivity index (χ0) is 21.4. The lowest BCUT2D eigenvalue weighted by molar-refractivity contribution is 0.0844. The highest BCUT2D eigenvalue weighted by Gasteiger charge is 2.21. The van der Waals surface area contributed by atoms with Crippen molar-refractivity contribution in [2.45, 2.75) is 26.2 Å². The first kappa shape index (κ1) is 19.1. The number of carbonyl (C=O) groups is 2. The maximum absolute atomic E-state index is 12.6. The minimum absolute atomic E-state index is 0.267. The van der Waals surface area contributed by atoms with Gasteiger partial charge in [0.15, 0.2) is 0 Å². The zero-order valence-electron chi connectivity index (χ0n) is 17.2. The van der Waals surface area contributed by atoms with Gasteiger partial charge in [-0.15, -0.1) is 0 Å². The van der Waals surface area contributed by atoms with Gasteiger partial charge in [-0.1, -0.05) is 37.3 Å². The van der Waals surface area contributed by atoms with Gasteiger partial charge in [0.25, 0.3) is 11.8 Å². The van der Waals surface area contributed by atoms with Gasteiger partial charge < -0.3 is 4.98 Å². The van der Waals surface area contributed by atoms with Crippen molar-refractivity contribution in [3.8, 4) is 11.3 Å². The van der Waals surface area contributed by atoms with E-state index < -0.39 is 5.91 Å². The molecule has 0 radical (unpaired) electrons. The topological polar surface area (TPSA) is 103 Å². The minimum atomic E-state index is -0.461. The first-order chi connectivity index (χ1) is 15.1. The second kappa shape index (κ2) is 7.75. The Morgan fingerprint density at radius 2 is 1.84 bits per heavy atom. The Morgan fingerprint density at radius 3 is 2.68 bits per heavy atom. The Kier molecular flexibility index (Phi) is 4.78. The van der Waals surface area contributed by atoms with Crippen LogP contribution in [-0.4, -0.2) is 27.0 Å². The van der Waals surface area contributed by atoms with Gasteiger partial charge in [-0.3, -0.25) is 25.5 Å². The van der Waals surface area contributed by atoms with Gasteiger partial charge in [0, 0.05) is 27.7 Å². The molecular formula is C24H23N5O2. The number of fused-ring (bicyclic) bond motifs is 3. The summed E-state index contributed by atoms with van der Waals surface area (Å²) in [5.74, 6) is -0.188. The van der Waals surface area contributed by atoms with Crippen LogP contribution < -0.4 is 10.9 Å². The molecule has 1 aliphatic rings. The summed E-state index contributed by atoms with van der Waals surface area (Å²) in [7, 11) is 0. The summed E-state index contributed by atoms with van der Waals surface area (Å²) in [6.45, 7) is 2.26. The van der Waals surface area contributed by atoms with Gasteiger partial charge in [0.2, 0.25) is 0 Å². The fraction of sp³-hybridized carbons (Fsp3) is 0.208. The smallest absolute Gasteiger partial charge is 0.287 e. The number of nitrogens with zero attached hydrogens (tertiary/aromatic N) is 1. The molecule has 4 aromatic rings. The second-order valence-corrected chi connectivity index (χ2v) is 8.13. The summed E-state index contributed by atoms with van der Waals surface area (Å²) >= 11 is 0. The molecule has 7 nitrogen and oxygen atoms in total. The third kappa shape index (κ3) is 3.70. The number of benzene rings is 2. The van der Waals surface area contributed by atoms with E-state index in [1.807, 2.05) is 42.5 Å². The summed E-state index contributed by atoms with van der Waals surface area (Å²) in [6, 6.07) is 16.8. The van der Waals surface area contributed by atoms with Crippen LogP contribution in [0.2, 0.25) is 0 Å². The maximum Gasteiger partial charge on any atom is 0.287 e. The summed E-state index contributed by atoms with van der Waals surface area (Å²) < 4.78 is 0. The largest absolute Gasteiger partial charge is 0.358 e. The summed E-state index contributed by atoms with van der Waals surface area (Å²) in [6.07, 6.45) is 3.23. The van der Waals surface area contributed by atoms with E-state index in [0.29, 0.717) is 17.2 Å². The number of amides is 2. The minimum Gasteiger partial charge on any atom is -0.358 e. The molecule has 2 aromatic carbocycles. The number of H-pyrrole nitrogens is 2. The number of hydrogen-bond donors (Lipinski definition) is 4. The van der Waals surface area contributed by atoms with Gasteiger partial charge in [-0.25, -0.2) is 0 Å². The quantitative estimate of drug-likeness (QED) is 0.385. The molecule has 5 rings (SSSR count). The van der Waals surface area contributed by atoms with E-state index in [-0.39, 0.29) is 11.6 Å². The molecule has 0 bridgehead atoms. The number of hydrogen-bond acceptors (Lipinski definition) is 3. The van der Waals surface area contributed by atoms with Crippen molar-refractivity contribution in [2.24, 2.45) is 5.92 Å². The molecule has 1 aliphatic carbocycles. The molecule has 31 heavy (non-hydrogen) atoms. The van der Waals surface area contributed by atoms with Crippen molar-refractivity contribution in [2.75, 3.05) is 0 Å². The van der Waals surface area contributed by atoms with E-state index in [4.69, 9.17) is 0 Å². The highest BCUT2D eigenvalue weighted by atomic mass is 16.2. The van der Waals surface area contributed by atoms with Crippen LogP contribution in [0.3, 0.4) is 0 Å². The Bertz CT molecular complexity index is 1270. The van der Waals surface area contributed by atoms with Crippen molar-refractivity contribution in [3.05, 3.63) is 77.1 Å². The normalized spacial score (nSPS) is 15.5. The lowest BCUT2D eigenvalue weighted by atomic mass is 9.87. The Labute approximate surface area is 179 Å². The van der Waals surface area contributed by atoms with Gasteiger partial charge in [-0.05, 0) is 55.0 Å². The number of rotatable bonds is 3. The SMILES string of the molecule is C[C@@H]1CCc2[nH]c3ccc(C(=O)NNC(=O)c4cc(-c5ccccc5)n[nH]4)cc3c2C1. The number of carbonyl (C=O) groups excluding carboxylic acids is 2. The number of aryl methyl sites for hydroxylation is 1. The van der Waals surface area contributed by atoms with Crippen molar-refractivity contribution in [1.29, 1.82) is 0 Å². The molecule has 2 heterocycles. The van der Waals surface area contributed by atoms with Crippen LogP contribution in [0.5, 0.6) is 0 Å². The second-order valence-electron chi connectivity index (χ2n) is 8.13. The predicted octanol–water partition coefficient (Wildman–Crippen LogP) is 3.76. The molecule has 7 heteroatoms. The van der Waals surface area contributed by atoms with E-state index in [1.54, 1.807) is 12.1 Å². The molecule has 0 fully saturated rings.